The fraction of sp³-hybridized carbons (Fsp3) is 0.208. The van der Waals surface area contributed by atoms with E-state index in [4.69, 9.17) is 0 Å². The summed E-state index contributed by atoms with van der Waals surface area (Å²) in [5, 5.41) is 11.1. The maximum absolute atomic E-state index is 13.6. The van der Waals surface area contributed by atoms with Gasteiger partial charge in [0, 0.05) is 36.6 Å². The lowest BCUT2D eigenvalue weighted by Crippen LogP contribution is -2.50. The molecule has 2 N–H and O–H groups in total. The van der Waals surface area contributed by atoms with Gasteiger partial charge >= 0.3 is 0 Å². The van der Waals surface area contributed by atoms with Gasteiger partial charge in [0.1, 0.15) is 0 Å². The first-order valence-electron chi connectivity index (χ1n) is 10.7. The van der Waals surface area contributed by atoms with Crippen LogP contribution in [0.1, 0.15) is 37.7 Å². The number of aryl methyl sites for hydroxylation is 1. The Kier molecular flexibility index (Phi) is 5.21. The molecule has 4 aromatic rings. The minimum Gasteiger partial charge on any atom is -0.350 e. The van der Waals surface area contributed by atoms with Crippen LogP contribution in [0.2, 0.25) is 0 Å². The summed E-state index contributed by atoms with van der Waals surface area (Å²) in [6.45, 7) is 2.37. The number of carbonyl (C=O) groups is 2. The maximum atomic E-state index is 13.6. The molecule has 1 atom stereocenters. The molecule has 5 rings (SSSR count). The van der Waals surface area contributed by atoms with E-state index in [0.29, 0.717) is 24.2 Å². The lowest BCUT2D eigenvalue weighted by molar-refractivity contribution is 0.0624. The van der Waals surface area contributed by atoms with Crippen molar-refractivity contribution >= 4 is 17.3 Å². The summed E-state index contributed by atoms with van der Waals surface area (Å²) in [5.41, 5.74) is 3.67. The van der Waals surface area contributed by atoms with Crippen molar-refractivity contribution in [3.63, 3.8) is 0 Å². The van der Waals surface area contributed by atoms with Crippen molar-refractivity contribution in [1.82, 2.24) is 30.0 Å². The number of H-pyrrole nitrogens is 1. The Morgan fingerprint density at radius 2 is 1.91 bits per heavy atom. The lowest BCUT2D eigenvalue weighted by Gasteiger charge is -2.36. The van der Waals surface area contributed by atoms with Crippen LogP contribution in [-0.2, 0) is 13.0 Å². The standard InChI is InChI=1S/C24H22N6O3/c1-15-10-18(12-21(31)26-15)23(32)25-13-19-11-16-6-2-3-7-17(16)14-29(19)24(33)22-20-8-4-5-9-30(20)28-27-22/h2-10,12,19H,11,13-14H2,1H3,(H,25,32)(H,26,31). The fourth-order valence-corrected chi connectivity index (χ4v) is 4.27. The van der Waals surface area contributed by atoms with Gasteiger partial charge in [-0.05, 0) is 42.7 Å². The van der Waals surface area contributed by atoms with Crippen LogP contribution in [0.25, 0.3) is 5.52 Å². The Bertz CT molecular complexity index is 1420. The number of fused-ring (bicyclic) bond motifs is 2. The van der Waals surface area contributed by atoms with Crippen LogP contribution in [-0.4, -0.2) is 49.1 Å². The van der Waals surface area contributed by atoms with E-state index in [1.54, 1.807) is 34.7 Å². The zero-order valence-corrected chi connectivity index (χ0v) is 18.0. The van der Waals surface area contributed by atoms with E-state index in [1.807, 2.05) is 36.4 Å². The van der Waals surface area contributed by atoms with E-state index in [-0.39, 0.29) is 41.2 Å². The van der Waals surface area contributed by atoms with Crippen LogP contribution in [0.4, 0.5) is 0 Å². The Morgan fingerprint density at radius 3 is 2.73 bits per heavy atom. The minimum absolute atomic E-state index is 0.239. The van der Waals surface area contributed by atoms with Crippen LogP contribution in [0.5, 0.6) is 0 Å². The van der Waals surface area contributed by atoms with E-state index >= 15 is 0 Å². The van der Waals surface area contributed by atoms with Crippen molar-refractivity contribution in [1.29, 1.82) is 0 Å². The number of hydrogen-bond donors (Lipinski definition) is 2. The number of nitrogens with one attached hydrogen (secondary N) is 2. The monoisotopic (exact) mass is 442 g/mol. The van der Waals surface area contributed by atoms with E-state index in [1.165, 1.54) is 6.07 Å². The number of carbonyl (C=O) groups excluding carboxylic acids is 2. The Labute approximate surface area is 189 Å². The number of pyridine rings is 2. The maximum Gasteiger partial charge on any atom is 0.277 e. The average molecular weight is 442 g/mol. The molecule has 4 heterocycles. The molecule has 2 amide bonds. The van der Waals surface area contributed by atoms with Crippen molar-refractivity contribution in [2.45, 2.75) is 25.9 Å². The first kappa shape index (κ1) is 20.6. The quantitative estimate of drug-likeness (QED) is 0.500. The van der Waals surface area contributed by atoms with Gasteiger partial charge in [-0.1, -0.05) is 35.5 Å². The van der Waals surface area contributed by atoms with Gasteiger partial charge in [-0.25, -0.2) is 4.52 Å². The fourth-order valence-electron chi connectivity index (χ4n) is 4.27. The number of rotatable bonds is 4. The number of aromatic nitrogens is 4. The second kappa shape index (κ2) is 8.34. The molecule has 0 spiro atoms. The largest absolute Gasteiger partial charge is 0.350 e. The highest BCUT2D eigenvalue weighted by molar-refractivity contribution is 5.99. The van der Waals surface area contributed by atoms with E-state index in [2.05, 4.69) is 20.6 Å². The molecule has 0 saturated heterocycles. The van der Waals surface area contributed by atoms with Crippen LogP contribution in [0.15, 0.2) is 65.6 Å². The third kappa shape index (κ3) is 4.00. The minimum atomic E-state index is -0.357. The first-order valence-corrected chi connectivity index (χ1v) is 10.7. The molecule has 0 radical (unpaired) electrons. The molecule has 1 aliphatic rings. The number of aromatic amines is 1. The molecule has 0 saturated carbocycles. The summed E-state index contributed by atoms with van der Waals surface area (Å²) in [5.74, 6) is -0.596. The summed E-state index contributed by atoms with van der Waals surface area (Å²) in [6.07, 6.45) is 2.34. The van der Waals surface area contributed by atoms with Crippen LogP contribution < -0.4 is 10.9 Å². The molecule has 9 nitrogen and oxygen atoms in total. The first-order chi connectivity index (χ1) is 16.0. The van der Waals surface area contributed by atoms with Crippen molar-refractivity contribution in [3.8, 4) is 0 Å². The Morgan fingerprint density at radius 1 is 1.12 bits per heavy atom. The van der Waals surface area contributed by atoms with Gasteiger partial charge in [-0.15, -0.1) is 5.10 Å². The van der Waals surface area contributed by atoms with Crippen LogP contribution in [0, 0.1) is 6.92 Å². The number of amides is 2. The molecule has 0 bridgehead atoms. The van der Waals surface area contributed by atoms with Gasteiger partial charge in [0.05, 0.1) is 11.6 Å². The number of hydrogen-bond acceptors (Lipinski definition) is 5. The van der Waals surface area contributed by atoms with E-state index in [9.17, 15) is 14.4 Å². The van der Waals surface area contributed by atoms with Crippen LogP contribution >= 0.6 is 0 Å². The lowest BCUT2D eigenvalue weighted by atomic mass is 9.93. The molecular formula is C24H22N6O3. The van der Waals surface area contributed by atoms with Crippen molar-refractivity contribution in [3.05, 3.63) is 99.2 Å². The molecule has 166 valence electrons. The zero-order chi connectivity index (χ0) is 22.9. The third-order valence-corrected chi connectivity index (χ3v) is 5.88. The van der Waals surface area contributed by atoms with Crippen LogP contribution in [0.3, 0.4) is 0 Å². The normalized spacial score (nSPS) is 15.3. The van der Waals surface area contributed by atoms with Crippen molar-refractivity contribution in [2.24, 2.45) is 0 Å². The highest BCUT2D eigenvalue weighted by Gasteiger charge is 2.32. The smallest absolute Gasteiger partial charge is 0.277 e. The highest BCUT2D eigenvalue weighted by Crippen LogP contribution is 2.25. The van der Waals surface area contributed by atoms with Gasteiger partial charge in [-0.3, -0.25) is 14.4 Å². The topological polar surface area (TPSA) is 112 Å². The number of nitrogens with zero attached hydrogens (tertiary/aromatic N) is 4. The third-order valence-electron chi connectivity index (χ3n) is 5.88. The van der Waals surface area contributed by atoms with E-state index < -0.39 is 0 Å². The molecular weight excluding hydrogens is 420 g/mol. The second-order valence-corrected chi connectivity index (χ2v) is 8.15. The molecule has 33 heavy (non-hydrogen) atoms. The summed E-state index contributed by atoms with van der Waals surface area (Å²) >= 11 is 0. The molecule has 9 heteroatoms. The molecule has 3 aromatic heterocycles. The van der Waals surface area contributed by atoms with Gasteiger partial charge in [0.2, 0.25) is 5.56 Å². The number of benzene rings is 1. The molecule has 1 aliphatic heterocycles. The van der Waals surface area contributed by atoms with Crippen molar-refractivity contribution < 1.29 is 9.59 Å². The Hall–Kier alpha value is -4.27. The zero-order valence-electron chi connectivity index (χ0n) is 18.0. The predicted octanol–water partition coefficient (Wildman–Crippen LogP) is 1.72. The predicted molar refractivity (Wildman–Crippen MR) is 121 cm³/mol. The van der Waals surface area contributed by atoms with Gasteiger partial charge in [0.25, 0.3) is 11.8 Å². The summed E-state index contributed by atoms with van der Waals surface area (Å²) in [4.78, 5) is 42.4. The average Bonchev–Trinajstić information content (AvgIpc) is 3.25. The summed E-state index contributed by atoms with van der Waals surface area (Å²) < 4.78 is 1.57. The summed E-state index contributed by atoms with van der Waals surface area (Å²) in [6, 6.07) is 16.0. The SMILES string of the molecule is Cc1cc(C(=O)NCC2Cc3ccccc3CN2C(=O)c2nnn3ccccc23)cc(=O)[nH]1. The highest BCUT2D eigenvalue weighted by atomic mass is 16.2. The molecule has 1 aromatic carbocycles. The molecule has 0 aliphatic carbocycles. The van der Waals surface area contributed by atoms with Crippen molar-refractivity contribution in [2.75, 3.05) is 6.54 Å². The van der Waals surface area contributed by atoms with E-state index in [0.717, 1.165) is 11.1 Å². The summed E-state index contributed by atoms with van der Waals surface area (Å²) in [7, 11) is 0. The Balaban J connectivity index is 1.42. The van der Waals surface area contributed by atoms with Gasteiger partial charge < -0.3 is 15.2 Å². The molecule has 1 unspecified atom stereocenters. The van der Waals surface area contributed by atoms with Gasteiger partial charge in [-0.2, -0.15) is 0 Å². The molecule has 0 fully saturated rings. The second-order valence-electron chi connectivity index (χ2n) is 8.15. The van der Waals surface area contributed by atoms with Gasteiger partial charge in [0.15, 0.2) is 5.69 Å².